The van der Waals surface area contributed by atoms with Crippen LogP contribution in [-0.2, 0) is 17.7 Å². The zero-order valence-corrected chi connectivity index (χ0v) is 16.6. The number of amides is 2. The average molecular weight is 412 g/mol. The summed E-state index contributed by atoms with van der Waals surface area (Å²) in [6.07, 6.45) is 1.34. The molecule has 0 saturated carbocycles. The maximum atomic E-state index is 12.4. The van der Waals surface area contributed by atoms with Crippen LogP contribution in [0.1, 0.15) is 38.0 Å². The van der Waals surface area contributed by atoms with Crippen molar-refractivity contribution in [1.29, 1.82) is 0 Å². The van der Waals surface area contributed by atoms with E-state index in [1.165, 1.54) is 16.2 Å². The summed E-state index contributed by atoms with van der Waals surface area (Å²) in [5.41, 5.74) is 0.980. The van der Waals surface area contributed by atoms with Crippen molar-refractivity contribution in [3.63, 3.8) is 0 Å². The predicted molar refractivity (Wildman–Crippen MR) is 105 cm³/mol. The quantitative estimate of drug-likeness (QED) is 0.563. The molecule has 0 radical (unpaired) electrons. The Labute approximate surface area is 170 Å². The summed E-state index contributed by atoms with van der Waals surface area (Å²) < 4.78 is 7.19. The number of rotatable bonds is 6. The van der Waals surface area contributed by atoms with E-state index in [1.54, 1.807) is 28.8 Å². The second-order valence-electron chi connectivity index (χ2n) is 7.11. The van der Waals surface area contributed by atoms with Crippen molar-refractivity contribution in [2.45, 2.75) is 19.4 Å². The monoisotopic (exact) mass is 412 g/mol. The number of carbonyl (C=O) groups excluding carboxylic acids is 2. The van der Waals surface area contributed by atoms with Gasteiger partial charge in [0.25, 0.3) is 11.8 Å². The summed E-state index contributed by atoms with van der Waals surface area (Å²) in [4.78, 5) is 29.3. The molecular weight excluding hydrogens is 392 g/mol. The van der Waals surface area contributed by atoms with Gasteiger partial charge in [-0.15, -0.1) is 10.2 Å². The average Bonchev–Trinajstić information content (AvgIpc) is 3.38. The number of fused-ring (bicyclic) bond motifs is 2. The second kappa shape index (κ2) is 7.62. The van der Waals surface area contributed by atoms with Gasteiger partial charge < -0.3 is 4.74 Å². The molecule has 5 rings (SSSR count). The number of morpholine rings is 1. The Morgan fingerprint density at radius 2 is 1.76 bits per heavy atom. The molecule has 1 saturated heterocycles. The molecule has 1 aromatic carbocycles. The summed E-state index contributed by atoms with van der Waals surface area (Å²) in [5, 5.41) is 14.1. The number of hydrogen-bond donors (Lipinski definition) is 0. The minimum absolute atomic E-state index is 0.212. The van der Waals surface area contributed by atoms with Crippen LogP contribution in [0, 0.1) is 0 Å². The zero-order valence-electron chi connectivity index (χ0n) is 15.8. The number of hydrogen-bond acceptors (Lipinski definition) is 8. The molecule has 2 aliphatic rings. The number of imide groups is 1. The van der Waals surface area contributed by atoms with Gasteiger partial charge in [0.2, 0.25) is 4.96 Å². The first kappa shape index (κ1) is 18.3. The van der Waals surface area contributed by atoms with Gasteiger partial charge in [-0.2, -0.15) is 9.61 Å². The van der Waals surface area contributed by atoms with Crippen LogP contribution in [0.5, 0.6) is 0 Å². The molecule has 2 aliphatic heterocycles. The molecule has 4 heterocycles. The van der Waals surface area contributed by atoms with Gasteiger partial charge in [0.05, 0.1) is 30.9 Å². The first-order chi connectivity index (χ1) is 14.2. The van der Waals surface area contributed by atoms with E-state index in [0.717, 1.165) is 42.1 Å². The zero-order chi connectivity index (χ0) is 19.8. The molecule has 0 unspecified atom stereocenters. The highest BCUT2D eigenvalue weighted by molar-refractivity contribution is 7.16. The number of aryl methyl sites for hydroxylation is 1. The Morgan fingerprint density at radius 3 is 2.48 bits per heavy atom. The van der Waals surface area contributed by atoms with Crippen LogP contribution < -0.4 is 0 Å². The molecule has 2 amide bonds. The molecular formula is C19H20N6O3S. The highest BCUT2D eigenvalue weighted by Crippen LogP contribution is 2.23. The van der Waals surface area contributed by atoms with Crippen molar-refractivity contribution >= 4 is 28.1 Å². The molecule has 9 nitrogen and oxygen atoms in total. The Bertz CT molecular complexity index is 1040. The summed E-state index contributed by atoms with van der Waals surface area (Å²) in [6.45, 7) is 4.32. The van der Waals surface area contributed by atoms with Gasteiger partial charge in [0, 0.05) is 26.1 Å². The normalized spacial score (nSPS) is 17.4. The standard InChI is InChI=1S/C19H20N6O3S/c26-17-13-4-1-2-5-14(13)18(27)24(17)7-3-6-16-22-25-15(20-21-19(25)29-16)12-23-8-10-28-11-9-23/h1-2,4-5H,3,6-12H2. The molecule has 0 bridgehead atoms. The molecule has 10 heteroatoms. The lowest BCUT2D eigenvalue weighted by Crippen LogP contribution is -2.36. The second-order valence-corrected chi connectivity index (χ2v) is 8.15. The topological polar surface area (TPSA) is 92.9 Å². The number of carbonyl (C=O) groups is 2. The lowest BCUT2D eigenvalue weighted by atomic mass is 10.1. The third kappa shape index (κ3) is 3.43. The largest absolute Gasteiger partial charge is 0.379 e. The van der Waals surface area contributed by atoms with Gasteiger partial charge in [-0.05, 0) is 18.6 Å². The first-order valence-electron chi connectivity index (χ1n) is 9.66. The van der Waals surface area contributed by atoms with Gasteiger partial charge in [-0.25, -0.2) is 0 Å². The van der Waals surface area contributed by atoms with Gasteiger partial charge in [-0.1, -0.05) is 23.5 Å². The minimum atomic E-state index is -0.212. The molecule has 0 aliphatic carbocycles. The van der Waals surface area contributed by atoms with E-state index in [0.29, 0.717) is 37.1 Å². The highest BCUT2D eigenvalue weighted by atomic mass is 32.1. The van der Waals surface area contributed by atoms with Crippen LogP contribution in [0.2, 0.25) is 0 Å². The Hall–Kier alpha value is -2.69. The van der Waals surface area contributed by atoms with E-state index in [4.69, 9.17) is 4.74 Å². The van der Waals surface area contributed by atoms with Gasteiger partial charge in [-0.3, -0.25) is 19.4 Å². The van der Waals surface area contributed by atoms with Crippen LogP contribution >= 0.6 is 11.3 Å². The Kier molecular flexibility index (Phi) is 4.82. The lowest BCUT2D eigenvalue weighted by molar-refractivity contribution is 0.0328. The fraction of sp³-hybridized carbons (Fsp3) is 0.421. The van der Waals surface area contributed by atoms with Crippen molar-refractivity contribution < 1.29 is 14.3 Å². The van der Waals surface area contributed by atoms with Crippen LogP contribution in [0.3, 0.4) is 0 Å². The fourth-order valence-electron chi connectivity index (χ4n) is 3.69. The number of aromatic nitrogens is 4. The van der Waals surface area contributed by atoms with Crippen molar-refractivity contribution in [3.05, 3.63) is 46.2 Å². The van der Waals surface area contributed by atoms with Gasteiger partial charge in [0.15, 0.2) is 5.82 Å². The van der Waals surface area contributed by atoms with Gasteiger partial charge in [0.1, 0.15) is 5.01 Å². The van der Waals surface area contributed by atoms with E-state index in [9.17, 15) is 9.59 Å². The lowest BCUT2D eigenvalue weighted by Gasteiger charge is -2.25. The number of nitrogens with zero attached hydrogens (tertiary/aromatic N) is 6. The van der Waals surface area contributed by atoms with Crippen molar-refractivity contribution in [2.24, 2.45) is 0 Å². The SMILES string of the molecule is O=C1c2ccccc2C(=O)N1CCCc1nn2c(CN3CCOCC3)nnc2s1. The van der Waals surface area contributed by atoms with Crippen LogP contribution in [0.25, 0.3) is 4.96 Å². The molecule has 150 valence electrons. The van der Waals surface area contributed by atoms with Crippen molar-refractivity contribution in [3.8, 4) is 0 Å². The van der Waals surface area contributed by atoms with E-state index in [-0.39, 0.29) is 11.8 Å². The fourth-order valence-corrected chi connectivity index (χ4v) is 4.58. The van der Waals surface area contributed by atoms with E-state index in [1.807, 2.05) is 0 Å². The van der Waals surface area contributed by atoms with E-state index in [2.05, 4.69) is 20.2 Å². The Morgan fingerprint density at radius 1 is 1.03 bits per heavy atom. The molecule has 0 N–H and O–H groups in total. The van der Waals surface area contributed by atoms with Crippen LogP contribution in [0.15, 0.2) is 24.3 Å². The van der Waals surface area contributed by atoms with Crippen LogP contribution in [-0.4, -0.2) is 74.3 Å². The third-order valence-corrected chi connectivity index (χ3v) is 6.18. The van der Waals surface area contributed by atoms with Gasteiger partial charge >= 0.3 is 0 Å². The first-order valence-corrected chi connectivity index (χ1v) is 10.5. The number of ether oxygens (including phenoxy) is 1. The van der Waals surface area contributed by atoms with Crippen LogP contribution in [0.4, 0.5) is 0 Å². The molecule has 3 aromatic rings. The summed E-state index contributed by atoms with van der Waals surface area (Å²) in [6, 6.07) is 6.96. The van der Waals surface area contributed by atoms with Crippen molar-refractivity contribution in [2.75, 3.05) is 32.8 Å². The molecule has 0 spiro atoms. The maximum Gasteiger partial charge on any atom is 0.261 e. The van der Waals surface area contributed by atoms with E-state index < -0.39 is 0 Å². The van der Waals surface area contributed by atoms with E-state index >= 15 is 0 Å². The minimum Gasteiger partial charge on any atom is -0.379 e. The molecule has 29 heavy (non-hydrogen) atoms. The maximum absolute atomic E-state index is 12.4. The molecule has 1 fully saturated rings. The molecule has 2 aromatic heterocycles. The summed E-state index contributed by atoms with van der Waals surface area (Å²) in [7, 11) is 0. The van der Waals surface area contributed by atoms with Crippen molar-refractivity contribution in [1.82, 2.24) is 29.6 Å². The molecule has 0 atom stereocenters. The third-order valence-electron chi connectivity index (χ3n) is 5.22. The number of benzene rings is 1. The Balaban J connectivity index is 1.22. The summed E-state index contributed by atoms with van der Waals surface area (Å²) >= 11 is 1.50. The smallest absolute Gasteiger partial charge is 0.261 e. The predicted octanol–water partition coefficient (Wildman–Crippen LogP) is 1.25. The summed E-state index contributed by atoms with van der Waals surface area (Å²) in [5.74, 6) is 0.401. The highest BCUT2D eigenvalue weighted by Gasteiger charge is 2.34.